The summed E-state index contributed by atoms with van der Waals surface area (Å²) in [5.41, 5.74) is 8.89. The van der Waals surface area contributed by atoms with Gasteiger partial charge >= 0.3 is 0 Å². The lowest BCUT2D eigenvalue weighted by atomic mass is 9.94. The van der Waals surface area contributed by atoms with Crippen LogP contribution < -0.4 is 5.73 Å². The van der Waals surface area contributed by atoms with Gasteiger partial charge in [0.1, 0.15) is 0 Å². The largest absolute Gasteiger partial charge is 0.370 e. The van der Waals surface area contributed by atoms with Crippen molar-refractivity contribution >= 4 is 5.91 Å². The Morgan fingerprint density at radius 1 is 1.36 bits per heavy atom. The van der Waals surface area contributed by atoms with Gasteiger partial charge in [-0.1, -0.05) is 25.1 Å². The Bertz CT molecular complexity index is 344. The fourth-order valence-corrected chi connectivity index (χ4v) is 1.49. The average molecular weight is 191 g/mol. The Balaban J connectivity index is 2.85. The third-order valence-electron chi connectivity index (χ3n) is 2.61. The van der Waals surface area contributed by atoms with Crippen molar-refractivity contribution in [3.8, 4) is 0 Å². The normalized spacial score (nSPS) is 12.5. The Morgan fingerprint density at radius 2 is 2.00 bits per heavy atom. The number of nitrogens with two attached hydrogens (primary N) is 1. The van der Waals surface area contributed by atoms with Gasteiger partial charge in [-0.05, 0) is 36.5 Å². The molecule has 1 amide bonds. The van der Waals surface area contributed by atoms with Gasteiger partial charge in [-0.15, -0.1) is 0 Å². The molecule has 0 heterocycles. The molecule has 0 aliphatic carbocycles. The molecule has 0 aliphatic heterocycles. The Labute approximate surface area is 85.1 Å². The lowest BCUT2D eigenvalue weighted by Gasteiger charge is -2.11. The molecule has 76 valence electrons. The Kier molecular flexibility index (Phi) is 3.28. The molecule has 0 radical (unpaired) electrons. The summed E-state index contributed by atoms with van der Waals surface area (Å²) in [6, 6.07) is 6.28. The van der Waals surface area contributed by atoms with Crippen LogP contribution in [-0.2, 0) is 4.79 Å². The number of carbonyl (C=O) groups is 1. The van der Waals surface area contributed by atoms with E-state index < -0.39 is 0 Å². The first-order valence-electron chi connectivity index (χ1n) is 4.86. The molecule has 0 aliphatic rings. The zero-order valence-electron chi connectivity index (χ0n) is 9.00. The summed E-state index contributed by atoms with van der Waals surface area (Å²) in [4.78, 5) is 10.8. The number of primary amides is 1. The van der Waals surface area contributed by atoms with Crippen molar-refractivity contribution in [2.45, 2.75) is 33.1 Å². The smallest absolute Gasteiger partial charge is 0.218 e. The first-order chi connectivity index (χ1) is 6.50. The van der Waals surface area contributed by atoms with E-state index in [-0.39, 0.29) is 11.8 Å². The summed E-state index contributed by atoms with van der Waals surface area (Å²) < 4.78 is 0. The number of amides is 1. The van der Waals surface area contributed by atoms with E-state index in [2.05, 4.69) is 32.0 Å². The van der Waals surface area contributed by atoms with Gasteiger partial charge in [-0.3, -0.25) is 4.79 Å². The van der Waals surface area contributed by atoms with Crippen LogP contribution in [0.2, 0.25) is 0 Å². The monoisotopic (exact) mass is 191 g/mol. The summed E-state index contributed by atoms with van der Waals surface area (Å²) in [6.07, 6.45) is 0.419. The maximum Gasteiger partial charge on any atom is 0.218 e. The van der Waals surface area contributed by atoms with Crippen LogP contribution in [0.5, 0.6) is 0 Å². The van der Waals surface area contributed by atoms with Crippen molar-refractivity contribution < 1.29 is 4.79 Å². The van der Waals surface area contributed by atoms with Gasteiger partial charge < -0.3 is 5.73 Å². The molecule has 0 saturated heterocycles. The molecular formula is C12H17NO. The second kappa shape index (κ2) is 4.27. The van der Waals surface area contributed by atoms with Crippen LogP contribution in [-0.4, -0.2) is 5.91 Å². The van der Waals surface area contributed by atoms with Gasteiger partial charge in [0.25, 0.3) is 0 Å². The highest BCUT2D eigenvalue weighted by molar-refractivity contribution is 5.74. The van der Waals surface area contributed by atoms with Crippen molar-refractivity contribution in [2.24, 2.45) is 5.73 Å². The molecule has 14 heavy (non-hydrogen) atoms. The molecular weight excluding hydrogens is 174 g/mol. The molecule has 1 aromatic carbocycles. The first-order valence-corrected chi connectivity index (χ1v) is 4.86. The molecule has 2 heteroatoms. The predicted octanol–water partition coefficient (Wildman–Crippen LogP) is 2.28. The highest BCUT2D eigenvalue weighted by atomic mass is 16.1. The molecule has 2 nitrogen and oxygen atoms in total. The quantitative estimate of drug-likeness (QED) is 0.782. The van der Waals surface area contributed by atoms with Crippen molar-refractivity contribution in [3.05, 3.63) is 34.9 Å². The second-order valence-electron chi connectivity index (χ2n) is 3.92. The van der Waals surface area contributed by atoms with E-state index in [0.29, 0.717) is 6.42 Å². The minimum Gasteiger partial charge on any atom is -0.370 e. The molecule has 1 unspecified atom stereocenters. The van der Waals surface area contributed by atoms with Crippen LogP contribution in [0.25, 0.3) is 0 Å². The van der Waals surface area contributed by atoms with Gasteiger partial charge in [0, 0.05) is 6.42 Å². The highest BCUT2D eigenvalue weighted by Crippen LogP contribution is 2.21. The maximum atomic E-state index is 10.8. The molecule has 1 aromatic rings. The van der Waals surface area contributed by atoms with Crippen molar-refractivity contribution in [3.63, 3.8) is 0 Å². The minimum atomic E-state index is -0.240. The van der Waals surface area contributed by atoms with E-state index >= 15 is 0 Å². The fraction of sp³-hybridized carbons (Fsp3) is 0.417. The lowest BCUT2D eigenvalue weighted by molar-refractivity contribution is -0.118. The first kappa shape index (κ1) is 10.8. The van der Waals surface area contributed by atoms with Crippen LogP contribution in [0.3, 0.4) is 0 Å². The van der Waals surface area contributed by atoms with E-state index in [1.807, 2.05) is 6.92 Å². The lowest BCUT2D eigenvalue weighted by Crippen LogP contribution is -2.13. The summed E-state index contributed by atoms with van der Waals surface area (Å²) >= 11 is 0. The van der Waals surface area contributed by atoms with Crippen molar-refractivity contribution in [2.75, 3.05) is 0 Å². The van der Waals surface area contributed by atoms with Gasteiger partial charge in [0.05, 0.1) is 0 Å². The van der Waals surface area contributed by atoms with E-state index in [4.69, 9.17) is 5.73 Å². The van der Waals surface area contributed by atoms with Crippen LogP contribution in [0.1, 0.15) is 36.0 Å². The topological polar surface area (TPSA) is 43.1 Å². The Morgan fingerprint density at radius 3 is 2.50 bits per heavy atom. The van der Waals surface area contributed by atoms with Crippen LogP contribution in [0, 0.1) is 13.8 Å². The number of carbonyl (C=O) groups excluding carboxylic acids is 1. The van der Waals surface area contributed by atoms with Gasteiger partial charge in [-0.25, -0.2) is 0 Å². The number of benzene rings is 1. The maximum absolute atomic E-state index is 10.8. The number of rotatable bonds is 3. The third kappa shape index (κ3) is 2.59. The van der Waals surface area contributed by atoms with E-state index in [9.17, 15) is 4.79 Å². The van der Waals surface area contributed by atoms with Crippen molar-refractivity contribution in [1.82, 2.24) is 0 Å². The molecule has 0 saturated carbocycles. The highest BCUT2D eigenvalue weighted by Gasteiger charge is 2.08. The molecule has 0 fully saturated rings. The number of aryl methyl sites for hydroxylation is 2. The average Bonchev–Trinajstić information content (AvgIpc) is 2.08. The van der Waals surface area contributed by atoms with Crippen LogP contribution in [0.4, 0.5) is 0 Å². The zero-order chi connectivity index (χ0) is 10.7. The van der Waals surface area contributed by atoms with Crippen molar-refractivity contribution in [1.29, 1.82) is 0 Å². The SMILES string of the molecule is Cc1ccc(C(C)CC(N)=O)cc1C. The molecule has 0 spiro atoms. The summed E-state index contributed by atoms with van der Waals surface area (Å²) in [5.74, 6) is -0.0254. The molecule has 0 bridgehead atoms. The van der Waals surface area contributed by atoms with Crippen LogP contribution >= 0.6 is 0 Å². The standard InChI is InChI=1S/C12H17NO/c1-8-4-5-11(6-9(8)2)10(3)7-12(13)14/h4-6,10H,7H2,1-3H3,(H2,13,14). The van der Waals surface area contributed by atoms with Gasteiger partial charge in [0.15, 0.2) is 0 Å². The number of hydrogen-bond acceptors (Lipinski definition) is 1. The molecule has 1 rings (SSSR count). The fourth-order valence-electron chi connectivity index (χ4n) is 1.49. The zero-order valence-corrected chi connectivity index (χ0v) is 9.00. The van der Waals surface area contributed by atoms with Crippen LogP contribution in [0.15, 0.2) is 18.2 Å². The van der Waals surface area contributed by atoms with Gasteiger partial charge in [0.2, 0.25) is 5.91 Å². The summed E-state index contributed by atoms with van der Waals surface area (Å²) in [7, 11) is 0. The molecule has 2 N–H and O–H groups in total. The third-order valence-corrected chi connectivity index (χ3v) is 2.61. The molecule has 0 aromatic heterocycles. The summed E-state index contributed by atoms with van der Waals surface area (Å²) in [6.45, 7) is 6.18. The van der Waals surface area contributed by atoms with E-state index in [0.717, 1.165) is 0 Å². The van der Waals surface area contributed by atoms with Gasteiger partial charge in [-0.2, -0.15) is 0 Å². The minimum absolute atomic E-state index is 0.215. The number of hydrogen-bond donors (Lipinski definition) is 1. The summed E-state index contributed by atoms with van der Waals surface area (Å²) in [5, 5.41) is 0. The molecule has 1 atom stereocenters. The van der Waals surface area contributed by atoms with E-state index in [1.165, 1.54) is 16.7 Å². The predicted molar refractivity (Wildman–Crippen MR) is 58.1 cm³/mol. The Hall–Kier alpha value is -1.31. The second-order valence-corrected chi connectivity index (χ2v) is 3.92. The van der Waals surface area contributed by atoms with E-state index in [1.54, 1.807) is 0 Å².